The van der Waals surface area contributed by atoms with Gasteiger partial charge in [-0.1, -0.05) is 0 Å². The number of hydrogen-bond acceptors (Lipinski definition) is 4. The Balaban J connectivity index is 1.85. The number of rotatable bonds is 3. The Morgan fingerprint density at radius 3 is 2.70 bits per heavy atom. The summed E-state index contributed by atoms with van der Waals surface area (Å²) >= 11 is 0. The molecule has 1 aromatic carbocycles. The van der Waals surface area contributed by atoms with Gasteiger partial charge in [0.15, 0.2) is 5.58 Å². The van der Waals surface area contributed by atoms with E-state index in [9.17, 15) is 4.39 Å². The molecule has 23 heavy (non-hydrogen) atoms. The van der Waals surface area contributed by atoms with Gasteiger partial charge in [-0.2, -0.15) is 10.1 Å². The van der Waals surface area contributed by atoms with Gasteiger partial charge in [0.2, 0.25) is 0 Å². The van der Waals surface area contributed by atoms with Gasteiger partial charge >= 0.3 is 0 Å². The van der Waals surface area contributed by atoms with Crippen molar-refractivity contribution in [2.24, 2.45) is 0 Å². The first kappa shape index (κ1) is 15.5. The lowest BCUT2D eigenvalue weighted by Gasteiger charge is -2.19. The zero-order valence-electron chi connectivity index (χ0n) is 14.0. The summed E-state index contributed by atoms with van der Waals surface area (Å²) in [6.07, 6.45) is 2.04. The highest BCUT2D eigenvalue weighted by Gasteiger charge is 2.20. The molecule has 0 radical (unpaired) electrons. The Bertz CT molecular complexity index is 844. The maximum Gasteiger partial charge on any atom is 0.296 e. The van der Waals surface area contributed by atoms with Crippen molar-refractivity contribution in [3.05, 3.63) is 41.5 Å². The van der Waals surface area contributed by atoms with Crippen molar-refractivity contribution in [1.82, 2.24) is 14.8 Å². The van der Waals surface area contributed by atoms with Gasteiger partial charge in [-0.05, 0) is 46.8 Å². The van der Waals surface area contributed by atoms with Crippen LogP contribution in [0.25, 0.3) is 11.1 Å². The maximum absolute atomic E-state index is 13.2. The van der Waals surface area contributed by atoms with Crippen molar-refractivity contribution < 1.29 is 8.81 Å². The first-order valence-electron chi connectivity index (χ1n) is 7.63. The van der Waals surface area contributed by atoms with Gasteiger partial charge in [-0.15, -0.1) is 0 Å². The highest BCUT2D eigenvalue weighted by atomic mass is 19.1. The summed E-state index contributed by atoms with van der Waals surface area (Å²) in [4.78, 5) is 4.28. The molecule has 0 aliphatic heterocycles. The smallest absolute Gasteiger partial charge is 0.296 e. The van der Waals surface area contributed by atoms with Crippen molar-refractivity contribution in [3.8, 4) is 0 Å². The van der Waals surface area contributed by atoms with E-state index in [-0.39, 0.29) is 17.4 Å². The molecule has 2 heterocycles. The summed E-state index contributed by atoms with van der Waals surface area (Å²) in [6, 6.07) is 4.65. The molecule has 0 saturated heterocycles. The molecule has 2 aromatic heterocycles. The predicted octanol–water partition coefficient (Wildman–Crippen LogP) is 4.40. The van der Waals surface area contributed by atoms with Gasteiger partial charge < -0.3 is 9.73 Å². The zero-order chi connectivity index (χ0) is 16.8. The summed E-state index contributed by atoms with van der Waals surface area (Å²) in [5.74, 6) is -0.326. The van der Waals surface area contributed by atoms with E-state index in [0.29, 0.717) is 17.1 Å². The van der Waals surface area contributed by atoms with Crippen LogP contribution >= 0.6 is 0 Å². The van der Waals surface area contributed by atoms with E-state index in [0.717, 1.165) is 11.3 Å². The summed E-state index contributed by atoms with van der Waals surface area (Å²) in [5, 5.41) is 7.79. The van der Waals surface area contributed by atoms with Gasteiger partial charge in [0.1, 0.15) is 11.3 Å². The molecule has 0 amide bonds. The van der Waals surface area contributed by atoms with Crippen LogP contribution in [0.2, 0.25) is 0 Å². The Hall–Kier alpha value is -2.37. The average molecular weight is 316 g/mol. The van der Waals surface area contributed by atoms with Crippen LogP contribution < -0.4 is 5.32 Å². The molecule has 122 valence electrons. The van der Waals surface area contributed by atoms with E-state index < -0.39 is 0 Å². The van der Waals surface area contributed by atoms with Crippen molar-refractivity contribution in [2.45, 2.75) is 46.2 Å². The molecule has 1 unspecified atom stereocenters. The minimum atomic E-state index is -0.326. The van der Waals surface area contributed by atoms with Crippen LogP contribution in [0.3, 0.4) is 0 Å². The number of aryl methyl sites for hydroxylation is 1. The highest BCUT2D eigenvalue weighted by Crippen LogP contribution is 2.26. The molecule has 0 saturated carbocycles. The second-order valence-corrected chi connectivity index (χ2v) is 6.78. The van der Waals surface area contributed by atoms with Crippen molar-refractivity contribution in [3.63, 3.8) is 0 Å². The fourth-order valence-electron chi connectivity index (χ4n) is 2.47. The third kappa shape index (κ3) is 3.06. The van der Waals surface area contributed by atoms with Crippen LogP contribution in [0.4, 0.5) is 10.4 Å². The van der Waals surface area contributed by atoms with Crippen LogP contribution in [0.5, 0.6) is 0 Å². The van der Waals surface area contributed by atoms with Crippen LogP contribution in [0.1, 0.15) is 45.0 Å². The van der Waals surface area contributed by atoms with E-state index >= 15 is 0 Å². The number of nitrogens with zero attached hydrogens (tertiary/aromatic N) is 3. The third-order valence-corrected chi connectivity index (χ3v) is 3.78. The molecule has 6 heteroatoms. The predicted molar refractivity (Wildman–Crippen MR) is 88.0 cm³/mol. The third-order valence-electron chi connectivity index (χ3n) is 3.78. The molecular weight excluding hydrogens is 295 g/mol. The van der Waals surface area contributed by atoms with Crippen LogP contribution in [0.15, 0.2) is 28.8 Å². The van der Waals surface area contributed by atoms with E-state index in [1.54, 1.807) is 6.07 Å². The number of anilines is 1. The Labute approximate surface area is 134 Å². The lowest BCUT2D eigenvalue weighted by molar-refractivity contribution is 0.354. The fourth-order valence-corrected chi connectivity index (χ4v) is 2.47. The lowest BCUT2D eigenvalue weighted by atomic mass is 10.1. The number of nitrogens with one attached hydrogen (secondary N) is 1. The topological polar surface area (TPSA) is 55.9 Å². The largest absolute Gasteiger partial charge is 0.424 e. The second-order valence-electron chi connectivity index (χ2n) is 6.78. The first-order chi connectivity index (χ1) is 10.7. The molecule has 3 aromatic rings. The summed E-state index contributed by atoms with van der Waals surface area (Å²) in [5.41, 5.74) is 3.03. The maximum atomic E-state index is 13.2. The summed E-state index contributed by atoms with van der Waals surface area (Å²) in [6.45, 7) is 10.3. The number of aromatic nitrogens is 3. The van der Waals surface area contributed by atoms with E-state index in [1.807, 2.05) is 24.7 Å². The zero-order valence-corrected chi connectivity index (χ0v) is 14.0. The SMILES string of the molecule is Cc1nn(C(C)(C)C)cc1C(C)Nc1nc2cc(F)ccc2o1. The fraction of sp³-hybridized carbons (Fsp3) is 0.412. The van der Waals surface area contributed by atoms with Gasteiger partial charge in [-0.3, -0.25) is 4.68 Å². The molecule has 5 nitrogen and oxygen atoms in total. The van der Waals surface area contributed by atoms with Crippen LogP contribution in [-0.4, -0.2) is 14.8 Å². The summed E-state index contributed by atoms with van der Waals surface area (Å²) < 4.78 is 20.8. The number of benzene rings is 1. The highest BCUT2D eigenvalue weighted by molar-refractivity contribution is 5.74. The Morgan fingerprint density at radius 1 is 1.30 bits per heavy atom. The number of fused-ring (bicyclic) bond motifs is 1. The number of oxazole rings is 1. The molecule has 0 fully saturated rings. The van der Waals surface area contributed by atoms with Gasteiger partial charge in [0.05, 0.1) is 17.3 Å². The molecule has 0 spiro atoms. The lowest BCUT2D eigenvalue weighted by Crippen LogP contribution is -2.22. The quantitative estimate of drug-likeness (QED) is 0.778. The normalized spacial score (nSPS) is 13.5. The molecule has 3 rings (SSSR count). The first-order valence-corrected chi connectivity index (χ1v) is 7.63. The molecule has 1 N–H and O–H groups in total. The second kappa shape index (κ2) is 5.37. The van der Waals surface area contributed by atoms with E-state index in [1.165, 1.54) is 12.1 Å². The van der Waals surface area contributed by atoms with Crippen molar-refractivity contribution in [1.29, 1.82) is 0 Å². The van der Waals surface area contributed by atoms with Crippen LogP contribution in [-0.2, 0) is 5.54 Å². The van der Waals surface area contributed by atoms with E-state index in [2.05, 4.69) is 36.2 Å². The molecular formula is C17H21FN4O. The molecule has 0 bridgehead atoms. The number of halogens is 1. The van der Waals surface area contributed by atoms with Gasteiger partial charge in [0.25, 0.3) is 6.01 Å². The minimum Gasteiger partial charge on any atom is -0.424 e. The monoisotopic (exact) mass is 316 g/mol. The average Bonchev–Trinajstić information content (AvgIpc) is 3.00. The van der Waals surface area contributed by atoms with Crippen LogP contribution in [0, 0.1) is 12.7 Å². The van der Waals surface area contributed by atoms with E-state index in [4.69, 9.17) is 4.42 Å². The molecule has 0 aliphatic rings. The van der Waals surface area contributed by atoms with Crippen molar-refractivity contribution in [2.75, 3.05) is 5.32 Å². The van der Waals surface area contributed by atoms with Crippen molar-refractivity contribution >= 4 is 17.1 Å². The van der Waals surface area contributed by atoms with Gasteiger partial charge in [0, 0.05) is 17.8 Å². The summed E-state index contributed by atoms with van der Waals surface area (Å²) in [7, 11) is 0. The Kier molecular flexibility index (Phi) is 3.62. The standard InChI is InChI=1S/C17H21FN4O/c1-10(13-9-22(17(3,4)5)21-11(13)2)19-16-20-14-8-12(18)6-7-15(14)23-16/h6-10H,1-5H3,(H,19,20). The minimum absolute atomic E-state index is 0.0241. The van der Waals surface area contributed by atoms with Gasteiger partial charge in [-0.25, -0.2) is 4.39 Å². The Morgan fingerprint density at radius 2 is 2.04 bits per heavy atom. The molecule has 1 atom stereocenters. The number of hydrogen-bond donors (Lipinski definition) is 1. The molecule has 0 aliphatic carbocycles.